The monoisotopic (exact) mass is 330 g/mol. The highest BCUT2D eigenvalue weighted by molar-refractivity contribution is 5.56. The second-order valence-electron chi connectivity index (χ2n) is 7.59. The molecule has 1 aliphatic heterocycles. The Balaban J connectivity index is 2.19. The number of alkyl halides is 3. The van der Waals surface area contributed by atoms with E-state index < -0.39 is 23.8 Å². The van der Waals surface area contributed by atoms with Gasteiger partial charge in [0.15, 0.2) is 0 Å². The average Bonchev–Trinajstić information content (AvgIpc) is 2.35. The summed E-state index contributed by atoms with van der Waals surface area (Å²) in [5.41, 5.74) is -0.577. The number of likely N-dealkylation sites (tertiary alicyclic amines) is 1. The minimum absolute atomic E-state index is 0.00205. The van der Waals surface area contributed by atoms with Gasteiger partial charge in [-0.3, -0.25) is 4.90 Å². The molecule has 3 nitrogen and oxygen atoms in total. The zero-order valence-electron chi connectivity index (χ0n) is 14.0. The van der Waals surface area contributed by atoms with Gasteiger partial charge in [0.2, 0.25) is 0 Å². The Labute approximate surface area is 135 Å². The smallest absolute Gasteiger partial charge is 0.401 e. The fraction of sp³-hybridized carbons (Fsp3) is 0.647. The van der Waals surface area contributed by atoms with E-state index in [1.54, 1.807) is 23.1 Å². The number of phenols is 1. The van der Waals surface area contributed by atoms with Gasteiger partial charge in [0.25, 0.3) is 0 Å². The lowest BCUT2D eigenvalue weighted by Gasteiger charge is -2.55. The Hall–Kier alpha value is -1.43. The molecule has 0 unspecified atom stereocenters. The standard InChI is InChI=1S/C17H25F3N2O/c1-15(2)9-12(21-13-7-5-6-8-14(13)23)10-16(3,4)22(15)11-17(18,19)20/h5-8,12,21,23H,9-11H2,1-4H3. The second kappa shape index (κ2) is 5.89. The van der Waals surface area contributed by atoms with Crippen molar-refractivity contribution in [3.05, 3.63) is 24.3 Å². The highest BCUT2D eigenvalue weighted by atomic mass is 19.4. The van der Waals surface area contributed by atoms with Crippen molar-refractivity contribution in [2.45, 2.75) is 63.8 Å². The van der Waals surface area contributed by atoms with Crippen molar-refractivity contribution in [2.24, 2.45) is 0 Å². The zero-order valence-corrected chi connectivity index (χ0v) is 14.0. The summed E-state index contributed by atoms with van der Waals surface area (Å²) in [6, 6.07) is 6.92. The Morgan fingerprint density at radius 2 is 1.65 bits per heavy atom. The van der Waals surface area contributed by atoms with Gasteiger partial charge in [-0.05, 0) is 52.7 Å². The first-order valence-electron chi connectivity index (χ1n) is 7.80. The van der Waals surface area contributed by atoms with Crippen molar-refractivity contribution >= 4 is 5.69 Å². The Morgan fingerprint density at radius 3 is 2.13 bits per heavy atom. The van der Waals surface area contributed by atoms with Crippen LogP contribution >= 0.6 is 0 Å². The number of piperidine rings is 1. The van der Waals surface area contributed by atoms with Gasteiger partial charge in [0.05, 0.1) is 12.2 Å². The zero-order chi connectivity index (χ0) is 17.5. The molecule has 1 aliphatic rings. The summed E-state index contributed by atoms with van der Waals surface area (Å²) in [6.45, 7) is 6.48. The topological polar surface area (TPSA) is 35.5 Å². The van der Waals surface area contributed by atoms with Gasteiger partial charge in [-0.25, -0.2) is 0 Å². The normalized spacial score (nSPS) is 22.0. The summed E-state index contributed by atoms with van der Waals surface area (Å²) in [7, 11) is 0. The van der Waals surface area contributed by atoms with E-state index in [-0.39, 0.29) is 11.8 Å². The molecule has 0 amide bonds. The molecular weight excluding hydrogens is 305 g/mol. The number of hydrogen-bond donors (Lipinski definition) is 2. The molecule has 1 aromatic carbocycles. The number of rotatable bonds is 3. The van der Waals surface area contributed by atoms with Crippen molar-refractivity contribution in [3.8, 4) is 5.75 Å². The summed E-state index contributed by atoms with van der Waals surface area (Å²) in [5, 5.41) is 13.2. The molecule has 0 spiro atoms. The van der Waals surface area contributed by atoms with Crippen molar-refractivity contribution in [1.29, 1.82) is 0 Å². The van der Waals surface area contributed by atoms with E-state index in [0.717, 1.165) is 0 Å². The van der Waals surface area contributed by atoms with Crippen LogP contribution in [0.15, 0.2) is 24.3 Å². The van der Waals surface area contributed by atoms with E-state index in [4.69, 9.17) is 0 Å². The summed E-state index contributed by atoms with van der Waals surface area (Å²) in [6.07, 6.45) is -3.08. The summed E-state index contributed by atoms with van der Waals surface area (Å²) < 4.78 is 38.8. The van der Waals surface area contributed by atoms with Crippen molar-refractivity contribution in [3.63, 3.8) is 0 Å². The largest absolute Gasteiger partial charge is 0.506 e. The number of nitrogens with one attached hydrogen (secondary N) is 1. The number of para-hydroxylation sites is 2. The van der Waals surface area contributed by atoms with Crippen LogP contribution in [-0.4, -0.2) is 39.8 Å². The lowest BCUT2D eigenvalue weighted by molar-refractivity contribution is -0.181. The number of anilines is 1. The lowest BCUT2D eigenvalue weighted by atomic mass is 9.76. The highest BCUT2D eigenvalue weighted by Gasteiger charge is 2.49. The summed E-state index contributed by atoms with van der Waals surface area (Å²) >= 11 is 0. The predicted octanol–water partition coefficient (Wildman–Crippen LogP) is 4.39. The third kappa shape index (κ3) is 4.31. The molecular formula is C17H25F3N2O. The molecule has 0 atom stereocenters. The average molecular weight is 330 g/mol. The van der Waals surface area contributed by atoms with E-state index in [0.29, 0.717) is 18.5 Å². The number of hydrogen-bond acceptors (Lipinski definition) is 3. The van der Waals surface area contributed by atoms with Crippen LogP contribution in [0.2, 0.25) is 0 Å². The van der Waals surface area contributed by atoms with E-state index >= 15 is 0 Å². The van der Waals surface area contributed by atoms with E-state index in [1.807, 2.05) is 33.8 Å². The molecule has 6 heteroatoms. The maximum Gasteiger partial charge on any atom is 0.401 e. The highest BCUT2D eigenvalue weighted by Crippen LogP contribution is 2.41. The molecule has 2 N–H and O–H groups in total. The fourth-order valence-corrected chi connectivity index (χ4v) is 3.84. The van der Waals surface area contributed by atoms with Crippen LogP contribution in [0.4, 0.5) is 18.9 Å². The first-order chi connectivity index (χ1) is 10.4. The molecule has 23 heavy (non-hydrogen) atoms. The van der Waals surface area contributed by atoms with Crippen LogP contribution in [0.3, 0.4) is 0 Å². The minimum Gasteiger partial charge on any atom is -0.506 e. The van der Waals surface area contributed by atoms with Crippen LogP contribution in [0.5, 0.6) is 5.75 Å². The lowest BCUT2D eigenvalue weighted by Crippen LogP contribution is -2.64. The molecule has 1 saturated heterocycles. The molecule has 0 bridgehead atoms. The molecule has 1 heterocycles. The third-order valence-corrected chi connectivity index (χ3v) is 4.55. The van der Waals surface area contributed by atoms with Crippen LogP contribution in [-0.2, 0) is 0 Å². The van der Waals surface area contributed by atoms with Crippen molar-refractivity contribution in [2.75, 3.05) is 11.9 Å². The van der Waals surface area contributed by atoms with Gasteiger partial charge >= 0.3 is 6.18 Å². The first-order valence-corrected chi connectivity index (χ1v) is 7.80. The summed E-state index contributed by atoms with van der Waals surface area (Å²) in [5.74, 6) is 0.154. The van der Waals surface area contributed by atoms with Gasteiger partial charge in [-0.15, -0.1) is 0 Å². The number of nitrogens with zero attached hydrogens (tertiary/aromatic N) is 1. The number of benzene rings is 1. The molecule has 2 rings (SSSR count). The van der Waals surface area contributed by atoms with Crippen LogP contribution in [0.1, 0.15) is 40.5 Å². The van der Waals surface area contributed by atoms with Crippen LogP contribution in [0.25, 0.3) is 0 Å². The molecule has 130 valence electrons. The maximum atomic E-state index is 12.9. The molecule has 1 aromatic rings. The number of phenolic OH excluding ortho intramolecular Hbond substituents is 1. The van der Waals surface area contributed by atoms with Gasteiger partial charge < -0.3 is 10.4 Å². The van der Waals surface area contributed by atoms with Crippen molar-refractivity contribution in [1.82, 2.24) is 4.90 Å². The van der Waals surface area contributed by atoms with Crippen LogP contribution in [0, 0.1) is 0 Å². The molecule has 1 fully saturated rings. The van der Waals surface area contributed by atoms with Gasteiger partial charge in [0, 0.05) is 17.1 Å². The van der Waals surface area contributed by atoms with Gasteiger partial charge in [0.1, 0.15) is 5.75 Å². The third-order valence-electron chi connectivity index (χ3n) is 4.55. The first kappa shape index (κ1) is 17.9. The van der Waals surface area contributed by atoms with Gasteiger partial charge in [-0.2, -0.15) is 13.2 Å². The number of halogens is 3. The Morgan fingerprint density at radius 1 is 1.13 bits per heavy atom. The van der Waals surface area contributed by atoms with Gasteiger partial charge in [-0.1, -0.05) is 12.1 Å². The minimum atomic E-state index is -4.22. The van der Waals surface area contributed by atoms with Crippen molar-refractivity contribution < 1.29 is 18.3 Å². The molecule has 0 radical (unpaired) electrons. The quantitative estimate of drug-likeness (QED) is 0.807. The SMILES string of the molecule is CC1(C)CC(Nc2ccccc2O)CC(C)(C)N1CC(F)(F)F. The Kier molecular flexibility index (Phi) is 4.59. The molecule has 0 saturated carbocycles. The molecule has 0 aromatic heterocycles. The second-order valence-corrected chi connectivity index (χ2v) is 7.59. The predicted molar refractivity (Wildman–Crippen MR) is 85.7 cm³/mol. The van der Waals surface area contributed by atoms with E-state index in [9.17, 15) is 18.3 Å². The van der Waals surface area contributed by atoms with E-state index in [2.05, 4.69) is 5.32 Å². The summed E-state index contributed by atoms with van der Waals surface area (Å²) in [4.78, 5) is 1.54. The molecule has 0 aliphatic carbocycles. The van der Waals surface area contributed by atoms with E-state index in [1.165, 1.54) is 0 Å². The maximum absolute atomic E-state index is 12.9. The number of aromatic hydroxyl groups is 1. The van der Waals surface area contributed by atoms with Crippen LogP contribution < -0.4 is 5.32 Å². The fourth-order valence-electron chi connectivity index (χ4n) is 3.84. The Bertz CT molecular complexity index is 537.